The lowest BCUT2D eigenvalue weighted by atomic mass is 9.83. The van der Waals surface area contributed by atoms with E-state index in [0.29, 0.717) is 0 Å². The average Bonchev–Trinajstić information content (AvgIpc) is 2.74. The molecule has 2 heterocycles. The summed E-state index contributed by atoms with van der Waals surface area (Å²) in [7, 11) is 0. The number of aromatic nitrogens is 2. The average molecular weight is 397 g/mol. The van der Waals surface area contributed by atoms with Gasteiger partial charge in [0, 0.05) is 17.3 Å². The van der Waals surface area contributed by atoms with Crippen molar-refractivity contribution in [2.75, 3.05) is 0 Å². The zero-order chi connectivity index (χ0) is 21.3. The molecule has 0 saturated heterocycles. The highest BCUT2D eigenvalue weighted by Crippen LogP contribution is 2.39. The minimum atomic E-state index is -0.336. The van der Waals surface area contributed by atoms with Crippen LogP contribution in [0.25, 0.3) is 33.6 Å². The summed E-state index contributed by atoms with van der Waals surface area (Å²) in [6.07, 6.45) is 3.10. The standard InChI is InChI=1S/C27H25FN2/c1-18-8-7-15-29-26(18)23-10-6-5-9-21(23)22-13-11-19(27(2,3)4)16-24(22)25-14-12-20(28)17-30-25/h5-17H,1-4H3. The molecule has 3 heteroatoms. The van der Waals surface area contributed by atoms with Gasteiger partial charge in [0.15, 0.2) is 0 Å². The second kappa shape index (κ2) is 7.83. The zero-order valence-electron chi connectivity index (χ0n) is 17.8. The van der Waals surface area contributed by atoms with E-state index < -0.39 is 0 Å². The van der Waals surface area contributed by atoms with Crippen molar-refractivity contribution in [2.24, 2.45) is 0 Å². The van der Waals surface area contributed by atoms with Gasteiger partial charge in [-0.1, -0.05) is 63.2 Å². The molecular formula is C27H25FN2. The van der Waals surface area contributed by atoms with Crippen molar-refractivity contribution in [3.8, 4) is 33.6 Å². The van der Waals surface area contributed by atoms with Gasteiger partial charge in [-0.05, 0) is 58.9 Å². The van der Waals surface area contributed by atoms with Crippen LogP contribution in [0, 0.1) is 12.7 Å². The number of nitrogens with zero attached hydrogens (tertiary/aromatic N) is 2. The number of halogens is 1. The van der Waals surface area contributed by atoms with Gasteiger partial charge >= 0.3 is 0 Å². The van der Waals surface area contributed by atoms with Crippen molar-refractivity contribution in [2.45, 2.75) is 33.1 Å². The molecule has 2 aromatic heterocycles. The van der Waals surface area contributed by atoms with E-state index in [1.165, 1.54) is 17.8 Å². The normalized spacial score (nSPS) is 11.5. The van der Waals surface area contributed by atoms with Crippen LogP contribution in [-0.4, -0.2) is 9.97 Å². The van der Waals surface area contributed by atoms with Crippen LogP contribution in [0.15, 0.2) is 79.1 Å². The Morgan fingerprint density at radius 2 is 1.47 bits per heavy atom. The molecule has 2 nitrogen and oxygen atoms in total. The first kappa shape index (κ1) is 20.0. The lowest BCUT2D eigenvalue weighted by molar-refractivity contribution is 0.590. The number of benzene rings is 2. The van der Waals surface area contributed by atoms with Crippen LogP contribution in [-0.2, 0) is 5.41 Å². The molecular weight excluding hydrogens is 371 g/mol. The van der Waals surface area contributed by atoms with E-state index in [1.807, 2.05) is 24.4 Å². The van der Waals surface area contributed by atoms with E-state index in [0.717, 1.165) is 39.2 Å². The second-order valence-electron chi connectivity index (χ2n) is 8.59. The van der Waals surface area contributed by atoms with Crippen LogP contribution in [0.3, 0.4) is 0 Å². The number of pyridine rings is 2. The molecule has 0 aliphatic carbocycles. The molecule has 0 bridgehead atoms. The summed E-state index contributed by atoms with van der Waals surface area (Å²) >= 11 is 0. The molecule has 0 radical (unpaired) electrons. The topological polar surface area (TPSA) is 25.8 Å². The maximum atomic E-state index is 13.6. The van der Waals surface area contributed by atoms with Crippen molar-refractivity contribution >= 4 is 0 Å². The highest BCUT2D eigenvalue weighted by molar-refractivity contribution is 5.91. The predicted octanol–water partition coefficient (Wildman–Crippen LogP) is 7.22. The van der Waals surface area contributed by atoms with Gasteiger partial charge in [0.2, 0.25) is 0 Å². The van der Waals surface area contributed by atoms with E-state index in [4.69, 9.17) is 0 Å². The van der Waals surface area contributed by atoms with Crippen LogP contribution in [0.1, 0.15) is 31.9 Å². The molecule has 0 saturated carbocycles. The van der Waals surface area contributed by atoms with Gasteiger partial charge in [-0.2, -0.15) is 0 Å². The lowest BCUT2D eigenvalue weighted by Gasteiger charge is -2.22. The summed E-state index contributed by atoms with van der Waals surface area (Å²) in [5.41, 5.74) is 8.24. The Hall–Kier alpha value is -3.33. The first-order chi connectivity index (χ1) is 14.3. The quantitative estimate of drug-likeness (QED) is 0.365. The molecule has 0 atom stereocenters. The molecule has 0 aliphatic heterocycles. The molecule has 0 unspecified atom stereocenters. The van der Waals surface area contributed by atoms with Gasteiger partial charge in [0.25, 0.3) is 0 Å². The van der Waals surface area contributed by atoms with Crippen LogP contribution in [0.2, 0.25) is 0 Å². The SMILES string of the molecule is Cc1cccnc1-c1ccccc1-c1ccc(C(C)(C)C)cc1-c1ccc(F)cn1. The predicted molar refractivity (Wildman–Crippen MR) is 122 cm³/mol. The molecule has 4 aromatic rings. The molecule has 150 valence electrons. The fraction of sp³-hybridized carbons (Fsp3) is 0.185. The summed E-state index contributed by atoms with van der Waals surface area (Å²) in [5.74, 6) is -0.336. The molecule has 0 fully saturated rings. The fourth-order valence-electron chi connectivity index (χ4n) is 3.68. The molecule has 4 rings (SSSR count). The molecule has 0 N–H and O–H groups in total. The van der Waals surface area contributed by atoms with Gasteiger partial charge in [0.1, 0.15) is 5.82 Å². The monoisotopic (exact) mass is 396 g/mol. The minimum absolute atomic E-state index is 0.00952. The van der Waals surface area contributed by atoms with Crippen LogP contribution in [0.5, 0.6) is 0 Å². The Bertz CT molecular complexity index is 1190. The maximum Gasteiger partial charge on any atom is 0.141 e. The van der Waals surface area contributed by atoms with Crippen LogP contribution < -0.4 is 0 Å². The van der Waals surface area contributed by atoms with E-state index in [2.05, 4.69) is 74.1 Å². The number of rotatable bonds is 3. The van der Waals surface area contributed by atoms with Crippen molar-refractivity contribution in [1.29, 1.82) is 0 Å². The number of aryl methyl sites for hydroxylation is 1. The number of hydrogen-bond donors (Lipinski definition) is 0. The van der Waals surface area contributed by atoms with Gasteiger partial charge in [-0.25, -0.2) is 4.39 Å². The number of hydrogen-bond acceptors (Lipinski definition) is 2. The largest absolute Gasteiger partial charge is 0.256 e. The Morgan fingerprint density at radius 3 is 2.13 bits per heavy atom. The van der Waals surface area contributed by atoms with Gasteiger partial charge < -0.3 is 0 Å². The van der Waals surface area contributed by atoms with Gasteiger partial charge in [0.05, 0.1) is 17.6 Å². The summed E-state index contributed by atoms with van der Waals surface area (Å²) in [6.45, 7) is 8.64. The Labute approximate surface area is 177 Å². The van der Waals surface area contributed by atoms with E-state index in [-0.39, 0.29) is 11.2 Å². The molecule has 0 aliphatic rings. The van der Waals surface area contributed by atoms with Crippen molar-refractivity contribution in [3.05, 3.63) is 96.1 Å². The Balaban J connectivity index is 1.99. The summed E-state index contributed by atoms with van der Waals surface area (Å²) in [6, 6.07) is 22.0. The second-order valence-corrected chi connectivity index (χ2v) is 8.59. The third kappa shape index (κ3) is 3.88. The van der Waals surface area contributed by atoms with E-state index >= 15 is 0 Å². The third-order valence-corrected chi connectivity index (χ3v) is 5.37. The first-order valence-electron chi connectivity index (χ1n) is 10.1. The highest BCUT2D eigenvalue weighted by atomic mass is 19.1. The van der Waals surface area contributed by atoms with Gasteiger partial charge in [-0.15, -0.1) is 0 Å². The molecule has 0 spiro atoms. The molecule has 30 heavy (non-hydrogen) atoms. The minimum Gasteiger partial charge on any atom is -0.256 e. The van der Waals surface area contributed by atoms with Crippen molar-refractivity contribution in [3.63, 3.8) is 0 Å². The first-order valence-corrected chi connectivity index (χ1v) is 10.1. The summed E-state index contributed by atoms with van der Waals surface area (Å²) < 4.78 is 13.6. The van der Waals surface area contributed by atoms with E-state index in [1.54, 1.807) is 6.07 Å². The fourth-order valence-corrected chi connectivity index (χ4v) is 3.68. The van der Waals surface area contributed by atoms with Crippen molar-refractivity contribution in [1.82, 2.24) is 9.97 Å². The van der Waals surface area contributed by atoms with Crippen LogP contribution >= 0.6 is 0 Å². The molecule has 2 aromatic carbocycles. The summed E-state index contributed by atoms with van der Waals surface area (Å²) in [5, 5.41) is 0. The summed E-state index contributed by atoms with van der Waals surface area (Å²) in [4.78, 5) is 9.03. The third-order valence-electron chi connectivity index (χ3n) is 5.37. The Morgan fingerprint density at radius 1 is 0.733 bits per heavy atom. The Kier molecular flexibility index (Phi) is 5.21. The highest BCUT2D eigenvalue weighted by Gasteiger charge is 2.19. The van der Waals surface area contributed by atoms with Gasteiger partial charge in [-0.3, -0.25) is 9.97 Å². The van der Waals surface area contributed by atoms with E-state index in [9.17, 15) is 4.39 Å². The maximum absolute atomic E-state index is 13.6. The van der Waals surface area contributed by atoms with Crippen LogP contribution in [0.4, 0.5) is 4.39 Å². The molecule has 0 amide bonds. The zero-order valence-corrected chi connectivity index (χ0v) is 17.8. The lowest BCUT2D eigenvalue weighted by Crippen LogP contribution is -2.11. The van der Waals surface area contributed by atoms with Crippen molar-refractivity contribution < 1.29 is 4.39 Å². The smallest absolute Gasteiger partial charge is 0.141 e.